The predicted molar refractivity (Wildman–Crippen MR) is 238 cm³/mol. The second-order valence-electron chi connectivity index (χ2n) is 15.3. The highest BCUT2D eigenvalue weighted by Crippen LogP contribution is 2.13. The molecule has 0 saturated carbocycles. The number of unbranched alkanes of at least 4 members (excludes halogenated alkanes) is 20. The number of allylic oxidation sites excluding steroid dienone is 10. The van der Waals surface area contributed by atoms with Crippen LogP contribution in [0.15, 0.2) is 60.8 Å². The molecule has 0 bridgehead atoms. The van der Waals surface area contributed by atoms with Crippen molar-refractivity contribution in [3.63, 3.8) is 0 Å². The van der Waals surface area contributed by atoms with Crippen LogP contribution < -0.4 is 0 Å². The second kappa shape index (κ2) is 44.8. The first kappa shape index (κ1) is 53.1. The highest BCUT2D eigenvalue weighted by atomic mass is 16.6. The Morgan fingerprint density at radius 3 is 1.18 bits per heavy atom. The highest BCUT2D eigenvalue weighted by molar-refractivity contribution is 5.71. The molecule has 0 aromatic carbocycles. The van der Waals surface area contributed by atoms with E-state index in [4.69, 9.17) is 14.2 Å². The van der Waals surface area contributed by atoms with Gasteiger partial charge in [0.15, 0.2) is 6.10 Å². The van der Waals surface area contributed by atoms with Crippen LogP contribution in [-0.2, 0) is 28.6 Å². The first-order valence-electron chi connectivity index (χ1n) is 23.3. The summed E-state index contributed by atoms with van der Waals surface area (Å²) in [5, 5.41) is 0. The van der Waals surface area contributed by atoms with E-state index in [9.17, 15) is 14.4 Å². The lowest BCUT2D eigenvalue weighted by molar-refractivity contribution is -0.167. The molecule has 1 unspecified atom stereocenters. The number of rotatable bonds is 41. The molecule has 0 fully saturated rings. The standard InChI is InChI=1S/C50H86O6/c1-4-7-10-13-16-19-22-24-26-28-31-34-37-40-43-49(52)55-46-47(45-54-48(51)42-39-36-33-30-21-18-15-12-9-6-3)56-50(53)44-41-38-35-32-29-27-25-23-20-17-14-11-8-5-2/h7,10,15-16,18-19,24,26-27,29,47H,4-6,8-9,11-14,17,20-23,25,28,30-46H2,1-3H3/b10-7-,18-15-,19-16-,26-24-,29-27-. The minimum atomic E-state index is -0.793. The van der Waals surface area contributed by atoms with Gasteiger partial charge in [-0.15, -0.1) is 0 Å². The van der Waals surface area contributed by atoms with Crippen molar-refractivity contribution in [1.82, 2.24) is 0 Å². The lowest BCUT2D eigenvalue weighted by Gasteiger charge is -2.18. The lowest BCUT2D eigenvalue weighted by Crippen LogP contribution is -2.30. The maximum absolute atomic E-state index is 12.7. The molecule has 0 N–H and O–H groups in total. The van der Waals surface area contributed by atoms with E-state index < -0.39 is 6.10 Å². The smallest absolute Gasteiger partial charge is 0.306 e. The van der Waals surface area contributed by atoms with E-state index >= 15 is 0 Å². The number of carbonyl (C=O) groups is 3. The summed E-state index contributed by atoms with van der Waals surface area (Å²) in [5.41, 5.74) is 0. The topological polar surface area (TPSA) is 78.9 Å². The molecular weight excluding hydrogens is 697 g/mol. The minimum Gasteiger partial charge on any atom is -0.462 e. The number of hydrogen-bond donors (Lipinski definition) is 0. The maximum atomic E-state index is 12.7. The summed E-state index contributed by atoms with van der Waals surface area (Å²) in [6, 6.07) is 0. The Morgan fingerprint density at radius 2 is 0.714 bits per heavy atom. The molecule has 1 atom stereocenters. The Labute approximate surface area is 345 Å². The third kappa shape index (κ3) is 42.3. The van der Waals surface area contributed by atoms with E-state index in [1.165, 1.54) is 57.8 Å². The zero-order valence-corrected chi connectivity index (χ0v) is 36.6. The van der Waals surface area contributed by atoms with Crippen LogP contribution in [0.3, 0.4) is 0 Å². The summed E-state index contributed by atoms with van der Waals surface area (Å²) in [7, 11) is 0. The zero-order chi connectivity index (χ0) is 40.8. The summed E-state index contributed by atoms with van der Waals surface area (Å²) in [6.45, 7) is 6.42. The van der Waals surface area contributed by atoms with Crippen LogP contribution in [-0.4, -0.2) is 37.2 Å². The third-order valence-corrected chi connectivity index (χ3v) is 9.73. The second-order valence-corrected chi connectivity index (χ2v) is 15.3. The van der Waals surface area contributed by atoms with Crippen molar-refractivity contribution in [2.24, 2.45) is 0 Å². The summed E-state index contributed by atoms with van der Waals surface area (Å²) in [4.78, 5) is 37.7. The van der Waals surface area contributed by atoms with E-state index in [1.54, 1.807) is 0 Å². The molecule has 6 nitrogen and oxygen atoms in total. The molecule has 322 valence electrons. The number of carbonyl (C=O) groups excluding carboxylic acids is 3. The summed E-state index contributed by atoms with van der Waals surface area (Å²) in [5.74, 6) is -0.949. The zero-order valence-electron chi connectivity index (χ0n) is 36.6. The van der Waals surface area contributed by atoms with E-state index in [1.807, 2.05) is 0 Å². The van der Waals surface area contributed by atoms with Crippen LogP contribution in [0.4, 0.5) is 0 Å². The van der Waals surface area contributed by atoms with E-state index in [0.717, 1.165) is 122 Å². The van der Waals surface area contributed by atoms with Crippen molar-refractivity contribution >= 4 is 17.9 Å². The fourth-order valence-electron chi connectivity index (χ4n) is 6.19. The monoisotopic (exact) mass is 783 g/mol. The molecule has 0 aliphatic rings. The summed E-state index contributed by atoms with van der Waals surface area (Å²) in [6.07, 6.45) is 53.5. The van der Waals surface area contributed by atoms with Crippen molar-refractivity contribution in [3.8, 4) is 0 Å². The Hall–Kier alpha value is -2.89. The SMILES string of the molecule is CC/C=C\C/C=C\C/C=C\CCCCCCC(=O)OCC(COC(=O)CCCCCC/C=C\CCCC)OC(=O)CCCCC/C=C\CCCCCCCCC. The number of ether oxygens (including phenoxy) is 3. The van der Waals surface area contributed by atoms with Gasteiger partial charge in [-0.1, -0.05) is 165 Å². The highest BCUT2D eigenvalue weighted by Gasteiger charge is 2.19. The van der Waals surface area contributed by atoms with Gasteiger partial charge < -0.3 is 14.2 Å². The molecule has 0 aromatic rings. The van der Waals surface area contributed by atoms with Gasteiger partial charge in [-0.25, -0.2) is 0 Å². The lowest BCUT2D eigenvalue weighted by atomic mass is 10.1. The Kier molecular flexibility index (Phi) is 42.5. The van der Waals surface area contributed by atoms with Crippen molar-refractivity contribution in [1.29, 1.82) is 0 Å². The largest absolute Gasteiger partial charge is 0.462 e. The maximum Gasteiger partial charge on any atom is 0.306 e. The van der Waals surface area contributed by atoms with Crippen molar-refractivity contribution < 1.29 is 28.6 Å². The molecule has 0 spiro atoms. The van der Waals surface area contributed by atoms with Crippen molar-refractivity contribution in [2.45, 2.75) is 226 Å². The van der Waals surface area contributed by atoms with E-state index in [2.05, 4.69) is 81.5 Å². The van der Waals surface area contributed by atoms with Gasteiger partial charge in [0.2, 0.25) is 0 Å². The molecule has 6 heteroatoms. The van der Waals surface area contributed by atoms with E-state index in [0.29, 0.717) is 19.3 Å². The van der Waals surface area contributed by atoms with Gasteiger partial charge in [0.1, 0.15) is 13.2 Å². The molecule has 0 aliphatic carbocycles. The summed E-state index contributed by atoms with van der Waals surface area (Å²) < 4.78 is 16.7. The van der Waals surface area contributed by atoms with E-state index in [-0.39, 0.29) is 31.1 Å². The summed E-state index contributed by atoms with van der Waals surface area (Å²) >= 11 is 0. The van der Waals surface area contributed by atoms with Crippen LogP contribution in [0.1, 0.15) is 220 Å². The normalized spacial score (nSPS) is 12.6. The molecule has 0 aliphatic heterocycles. The molecule has 0 aromatic heterocycles. The van der Waals surface area contributed by atoms with Gasteiger partial charge in [0, 0.05) is 19.3 Å². The molecule has 0 amide bonds. The van der Waals surface area contributed by atoms with Crippen LogP contribution in [0, 0.1) is 0 Å². The van der Waals surface area contributed by atoms with Crippen LogP contribution in [0.25, 0.3) is 0 Å². The van der Waals surface area contributed by atoms with Crippen molar-refractivity contribution in [3.05, 3.63) is 60.8 Å². The van der Waals surface area contributed by atoms with Gasteiger partial charge in [-0.05, 0) is 96.3 Å². The van der Waals surface area contributed by atoms with Gasteiger partial charge in [-0.2, -0.15) is 0 Å². The first-order chi connectivity index (χ1) is 27.5. The Bertz CT molecular complexity index is 1040. The fraction of sp³-hybridized carbons (Fsp3) is 0.740. The van der Waals surface area contributed by atoms with Crippen LogP contribution in [0.5, 0.6) is 0 Å². The average molecular weight is 783 g/mol. The van der Waals surface area contributed by atoms with Crippen LogP contribution in [0.2, 0.25) is 0 Å². The molecule has 56 heavy (non-hydrogen) atoms. The molecule has 0 saturated heterocycles. The van der Waals surface area contributed by atoms with Gasteiger partial charge in [0.25, 0.3) is 0 Å². The number of hydrogen-bond acceptors (Lipinski definition) is 6. The molecule has 0 heterocycles. The third-order valence-electron chi connectivity index (χ3n) is 9.73. The average Bonchev–Trinajstić information content (AvgIpc) is 3.19. The minimum absolute atomic E-state index is 0.0941. The van der Waals surface area contributed by atoms with Crippen molar-refractivity contribution in [2.75, 3.05) is 13.2 Å². The van der Waals surface area contributed by atoms with Gasteiger partial charge in [0.05, 0.1) is 0 Å². The van der Waals surface area contributed by atoms with Crippen LogP contribution >= 0.6 is 0 Å². The van der Waals surface area contributed by atoms with Gasteiger partial charge >= 0.3 is 17.9 Å². The number of esters is 3. The first-order valence-corrected chi connectivity index (χ1v) is 23.3. The Morgan fingerprint density at radius 1 is 0.375 bits per heavy atom. The Balaban J connectivity index is 4.44. The quantitative estimate of drug-likeness (QED) is 0.0266. The predicted octanol–water partition coefficient (Wildman–Crippen LogP) is 14.9. The fourth-order valence-corrected chi connectivity index (χ4v) is 6.19. The van der Waals surface area contributed by atoms with Gasteiger partial charge in [-0.3, -0.25) is 14.4 Å². The molecule has 0 radical (unpaired) electrons. The molecule has 0 rings (SSSR count). The molecular formula is C50H86O6.